The Morgan fingerprint density at radius 2 is 2.14 bits per heavy atom. The maximum atomic E-state index is 10.8. The van der Waals surface area contributed by atoms with Gasteiger partial charge < -0.3 is 5.11 Å². The Morgan fingerprint density at radius 1 is 1.50 bits per heavy atom. The molecule has 0 aromatic rings. The molecule has 0 radical (unpaired) electrons. The average Bonchev–Trinajstić information content (AvgIpc) is 2.16. The third-order valence-electron chi connectivity index (χ3n) is 2.88. The Hall–Kier alpha value is -0.830. The molecule has 1 N–H and O–H groups in total. The number of hydrogen-bond acceptors (Lipinski definition) is 2. The maximum absolute atomic E-state index is 10.8. The zero-order valence-electron chi connectivity index (χ0n) is 8.99. The minimum absolute atomic E-state index is 0.0428. The molecule has 1 heterocycles. The molecule has 0 aromatic carbocycles. The van der Waals surface area contributed by atoms with Crippen molar-refractivity contribution in [3.8, 4) is 0 Å². The standard InChI is InChI=1S/C11H19NO2/c1-8(2)12-7-5-4-6-10(12)9(3)11(13)14/h8,10H,3-7H2,1-2H3,(H,13,14). The van der Waals surface area contributed by atoms with Crippen LogP contribution in [-0.2, 0) is 4.79 Å². The molecule has 1 atom stereocenters. The molecule has 0 aromatic heterocycles. The highest BCUT2D eigenvalue weighted by molar-refractivity contribution is 5.87. The van der Waals surface area contributed by atoms with Gasteiger partial charge in [-0.2, -0.15) is 0 Å². The van der Waals surface area contributed by atoms with Crippen molar-refractivity contribution >= 4 is 5.97 Å². The first-order valence-corrected chi connectivity index (χ1v) is 5.22. The molecule has 1 rings (SSSR count). The lowest BCUT2D eigenvalue weighted by molar-refractivity contribution is -0.133. The maximum Gasteiger partial charge on any atom is 0.332 e. The molecule has 1 fully saturated rings. The highest BCUT2D eigenvalue weighted by atomic mass is 16.4. The van der Waals surface area contributed by atoms with Crippen LogP contribution in [-0.4, -0.2) is 34.6 Å². The summed E-state index contributed by atoms with van der Waals surface area (Å²) in [6.45, 7) is 8.87. The van der Waals surface area contributed by atoms with Crippen molar-refractivity contribution in [3.05, 3.63) is 12.2 Å². The monoisotopic (exact) mass is 197 g/mol. The van der Waals surface area contributed by atoms with Gasteiger partial charge in [-0.1, -0.05) is 13.0 Å². The van der Waals surface area contributed by atoms with E-state index >= 15 is 0 Å². The molecule has 0 amide bonds. The highest BCUT2D eigenvalue weighted by Gasteiger charge is 2.29. The molecule has 0 bridgehead atoms. The third kappa shape index (κ3) is 2.35. The first-order chi connectivity index (χ1) is 6.54. The molecule has 1 unspecified atom stereocenters. The fraction of sp³-hybridized carbons (Fsp3) is 0.727. The minimum atomic E-state index is -0.859. The quantitative estimate of drug-likeness (QED) is 0.702. The van der Waals surface area contributed by atoms with Crippen LogP contribution < -0.4 is 0 Å². The zero-order valence-corrected chi connectivity index (χ0v) is 8.99. The lowest BCUT2D eigenvalue weighted by Gasteiger charge is -2.38. The number of nitrogens with zero attached hydrogens (tertiary/aromatic N) is 1. The molecule has 0 saturated carbocycles. The first kappa shape index (κ1) is 11.2. The van der Waals surface area contributed by atoms with E-state index in [4.69, 9.17) is 5.11 Å². The number of likely N-dealkylation sites (tertiary alicyclic amines) is 1. The van der Waals surface area contributed by atoms with Crippen molar-refractivity contribution in [1.82, 2.24) is 4.90 Å². The Labute approximate surface area is 85.4 Å². The van der Waals surface area contributed by atoms with Crippen molar-refractivity contribution in [1.29, 1.82) is 0 Å². The molecule has 14 heavy (non-hydrogen) atoms. The Morgan fingerprint density at radius 3 is 2.64 bits per heavy atom. The van der Waals surface area contributed by atoms with Gasteiger partial charge >= 0.3 is 5.97 Å². The first-order valence-electron chi connectivity index (χ1n) is 5.22. The Bertz CT molecular complexity index is 235. The van der Waals surface area contributed by atoms with Crippen LogP contribution >= 0.6 is 0 Å². The number of carboxylic acids is 1. The predicted octanol–water partition coefficient (Wildman–Crippen LogP) is 1.89. The van der Waals surface area contributed by atoms with Gasteiger partial charge in [0, 0.05) is 17.7 Å². The second-order valence-corrected chi connectivity index (χ2v) is 4.17. The summed E-state index contributed by atoms with van der Waals surface area (Å²) in [6, 6.07) is 0.442. The van der Waals surface area contributed by atoms with E-state index in [1.165, 1.54) is 6.42 Å². The van der Waals surface area contributed by atoms with Gasteiger partial charge in [0.25, 0.3) is 0 Å². The van der Waals surface area contributed by atoms with E-state index in [0.717, 1.165) is 19.4 Å². The van der Waals surface area contributed by atoms with Gasteiger partial charge in [0.15, 0.2) is 0 Å². The van der Waals surface area contributed by atoms with Gasteiger partial charge in [0.05, 0.1) is 0 Å². The Kier molecular flexibility index (Phi) is 3.69. The average molecular weight is 197 g/mol. The molecule has 80 valence electrons. The largest absolute Gasteiger partial charge is 0.478 e. The van der Waals surface area contributed by atoms with Crippen molar-refractivity contribution in [3.63, 3.8) is 0 Å². The van der Waals surface area contributed by atoms with E-state index in [9.17, 15) is 4.79 Å². The molecule has 1 aliphatic rings. The van der Waals surface area contributed by atoms with E-state index in [1.54, 1.807) is 0 Å². The van der Waals surface area contributed by atoms with Crippen LogP contribution in [0.5, 0.6) is 0 Å². The van der Waals surface area contributed by atoms with Gasteiger partial charge in [-0.3, -0.25) is 4.90 Å². The normalized spacial score (nSPS) is 23.8. The highest BCUT2D eigenvalue weighted by Crippen LogP contribution is 2.24. The predicted molar refractivity (Wildman–Crippen MR) is 56.3 cm³/mol. The number of carboxylic acid groups (broad SMARTS) is 1. The number of piperidine rings is 1. The summed E-state index contributed by atoms with van der Waals surface area (Å²) in [5.41, 5.74) is 0.346. The van der Waals surface area contributed by atoms with Crippen molar-refractivity contribution < 1.29 is 9.90 Å². The van der Waals surface area contributed by atoms with Crippen LogP contribution in [0.15, 0.2) is 12.2 Å². The lowest BCUT2D eigenvalue weighted by atomic mass is 9.95. The topological polar surface area (TPSA) is 40.5 Å². The molecular weight excluding hydrogens is 178 g/mol. The minimum Gasteiger partial charge on any atom is -0.478 e. The molecular formula is C11H19NO2. The summed E-state index contributed by atoms with van der Waals surface area (Å²) >= 11 is 0. The SMILES string of the molecule is C=C(C(=O)O)C1CCCCN1C(C)C. The molecule has 1 aliphatic heterocycles. The Balaban J connectivity index is 2.72. The molecule has 3 nitrogen and oxygen atoms in total. The summed E-state index contributed by atoms with van der Waals surface area (Å²) in [5.74, 6) is -0.859. The van der Waals surface area contributed by atoms with Crippen molar-refractivity contribution in [2.45, 2.75) is 45.2 Å². The second-order valence-electron chi connectivity index (χ2n) is 4.17. The van der Waals surface area contributed by atoms with Gasteiger partial charge in [-0.25, -0.2) is 4.79 Å². The molecule has 1 saturated heterocycles. The second kappa shape index (κ2) is 4.60. The van der Waals surface area contributed by atoms with Gasteiger partial charge in [0.2, 0.25) is 0 Å². The van der Waals surface area contributed by atoms with E-state index in [2.05, 4.69) is 25.3 Å². The van der Waals surface area contributed by atoms with Gasteiger partial charge in [-0.05, 0) is 33.2 Å². The van der Waals surface area contributed by atoms with E-state index in [1.807, 2.05) is 0 Å². The van der Waals surface area contributed by atoms with Crippen LogP contribution in [0, 0.1) is 0 Å². The van der Waals surface area contributed by atoms with Crippen LogP contribution in [0.2, 0.25) is 0 Å². The van der Waals surface area contributed by atoms with Crippen LogP contribution in [0.3, 0.4) is 0 Å². The summed E-state index contributed by atoms with van der Waals surface area (Å²) in [6.07, 6.45) is 3.21. The summed E-state index contributed by atoms with van der Waals surface area (Å²) in [5, 5.41) is 8.91. The number of hydrogen-bond donors (Lipinski definition) is 1. The third-order valence-corrected chi connectivity index (χ3v) is 2.88. The van der Waals surface area contributed by atoms with E-state index < -0.39 is 5.97 Å². The van der Waals surface area contributed by atoms with Crippen LogP contribution in [0.25, 0.3) is 0 Å². The smallest absolute Gasteiger partial charge is 0.332 e. The molecule has 0 spiro atoms. The van der Waals surface area contributed by atoms with E-state index in [0.29, 0.717) is 11.6 Å². The van der Waals surface area contributed by atoms with Crippen LogP contribution in [0.1, 0.15) is 33.1 Å². The summed E-state index contributed by atoms with van der Waals surface area (Å²) in [7, 11) is 0. The van der Waals surface area contributed by atoms with Crippen LogP contribution in [0.4, 0.5) is 0 Å². The fourth-order valence-corrected chi connectivity index (χ4v) is 2.09. The van der Waals surface area contributed by atoms with E-state index in [-0.39, 0.29) is 6.04 Å². The number of carbonyl (C=O) groups is 1. The molecule has 3 heteroatoms. The van der Waals surface area contributed by atoms with Gasteiger partial charge in [0.1, 0.15) is 0 Å². The summed E-state index contributed by atoms with van der Waals surface area (Å²) in [4.78, 5) is 13.1. The summed E-state index contributed by atoms with van der Waals surface area (Å²) < 4.78 is 0. The van der Waals surface area contributed by atoms with Gasteiger partial charge in [-0.15, -0.1) is 0 Å². The molecule has 0 aliphatic carbocycles. The lowest BCUT2D eigenvalue weighted by Crippen LogP contribution is -2.45. The van der Waals surface area contributed by atoms with Crippen molar-refractivity contribution in [2.75, 3.05) is 6.54 Å². The fourth-order valence-electron chi connectivity index (χ4n) is 2.09. The van der Waals surface area contributed by atoms with Crippen molar-refractivity contribution in [2.24, 2.45) is 0 Å². The number of aliphatic carboxylic acids is 1. The number of rotatable bonds is 3. The zero-order chi connectivity index (χ0) is 10.7.